The van der Waals surface area contributed by atoms with Gasteiger partial charge in [-0.05, 0) is 12.8 Å². The molecule has 0 amide bonds. The van der Waals surface area contributed by atoms with Crippen LogP contribution in [-0.4, -0.2) is 24.7 Å². The molecule has 0 aromatic carbocycles. The van der Waals surface area contributed by atoms with E-state index >= 15 is 0 Å². The maximum Gasteiger partial charge on any atom is 0.341 e. The van der Waals surface area contributed by atoms with Crippen molar-refractivity contribution < 1.29 is 26.3 Å². The van der Waals surface area contributed by atoms with Crippen molar-refractivity contribution in [3.05, 3.63) is 0 Å². The predicted octanol–water partition coefficient (Wildman–Crippen LogP) is 4.54. The molecule has 0 spiro atoms. The Labute approximate surface area is 96.4 Å². The van der Waals surface area contributed by atoms with Crippen LogP contribution >= 0.6 is 0 Å². The van der Waals surface area contributed by atoms with Crippen LogP contribution in [0, 0.1) is 5.92 Å². The molecule has 0 aliphatic heterocycles. The van der Waals surface area contributed by atoms with Gasteiger partial charge in [0.25, 0.3) is 0 Å². The lowest BCUT2D eigenvalue weighted by atomic mass is 9.72. The zero-order chi connectivity index (χ0) is 13.1. The summed E-state index contributed by atoms with van der Waals surface area (Å²) in [6.45, 7) is -0.417. The highest BCUT2D eigenvalue weighted by Gasteiger charge is 2.78. The van der Waals surface area contributed by atoms with E-state index in [2.05, 4.69) is 0 Å². The van der Waals surface area contributed by atoms with Crippen molar-refractivity contribution in [1.82, 2.24) is 0 Å². The van der Waals surface area contributed by atoms with Crippen molar-refractivity contribution in [2.45, 2.75) is 56.5 Å². The topological polar surface area (TPSA) is 0 Å². The molecule has 0 saturated heterocycles. The van der Waals surface area contributed by atoms with E-state index in [1.165, 1.54) is 0 Å². The highest BCUT2D eigenvalue weighted by molar-refractivity contribution is 5.10. The van der Waals surface area contributed by atoms with Crippen LogP contribution < -0.4 is 0 Å². The highest BCUT2D eigenvalue weighted by atomic mass is 19.3. The van der Waals surface area contributed by atoms with Crippen LogP contribution in [-0.2, 0) is 0 Å². The first-order valence-corrected chi connectivity index (χ1v) is 5.81. The van der Waals surface area contributed by atoms with E-state index < -0.39 is 30.6 Å². The summed E-state index contributed by atoms with van der Waals surface area (Å²) in [5.41, 5.74) is 0. The van der Waals surface area contributed by atoms with Crippen LogP contribution in [0.5, 0.6) is 0 Å². The maximum absolute atomic E-state index is 12.8. The Hall–Kier alpha value is -0.420. The average molecular weight is 262 g/mol. The zero-order valence-electron chi connectivity index (χ0n) is 9.37. The Morgan fingerprint density at radius 3 is 1.82 bits per heavy atom. The second-order valence-corrected chi connectivity index (χ2v) is 4.50. The van der Waals surface area contributed by atoms with Crippen molar-refractivity contribution >= 4 is 0 Å². The molecule has 0 N–H and O–H groups in total. The van der Waals surface area contributed by atoms with Gasteiger partial charge in [-0.15, -0.1) is 0 Å². The molecule has 2 atom stereocenters. The number of unbranched alkanes of at least 4 members (excludes halogenated alkanes) is 4. The van der Waals surface area contributed by atoms with Gasteiger partial charge in [0, 0.05) is 0 Å². The second kappa shape index (κ2) is 5.48. The molecule has 0 nitrogen and oxygen atoms in total. The van der Waals surface area contributed by atoms with Crippen LogP contribution in [0.1, 0.15) is 38.5 Å². The number of rotatable bonds is 7. The molecule has 0 heterocycles. The summed E-state index contributed by atoms with van der Waals surface area (Å²) in [6, 6.07) is 0. The van der Waals surface area contributed by atoms with Gasteiger partial charge in [-0.1, -0.05) is 25.7 Å². The summed E-state index contributed by atoms with van der Waals surface area (Å²) in [7, 11) is 0. The summed E-state index contributed by atoms with van der Waals surface area (Å²) in [5, 5.41) is 0. The largest absolute Gasteiger partial charge is 0.341 e. The Bertz CT molecular complexity index is 240. The predicted molar refractivity (Wildman–Crippen MR) is 52.0 cm³/mol. The first-order valence-electron chi connectivity index (χ1n) is 5.81. The SMILES string of the molecule is FCCCCCCCC1C(F)C(F)(F)C1(F)F. The Morgan fingerprint density at radius 2 is 1.29 bits per heavy atom. The third-order valence-corrected chi connectivity index (χ3v) is 3.26. The molecule has 1 rings (SSSR count). The molecule has 0 aromatic heterocycles. The molecule has 1 saturated carbocycles. The number of hydrogen-bond donors (Lipinski definition) is 0. The average Bonchev–Trinajstić information content (AvgIpc) is 2.26. The summed E-state index contributed by atoms with van der Waals surface area (Å²) in [5.74, 6) is -10.6. The van der Waals surface area contributed by atoms with Crippen LogP contribution in [0.3, 0.4) is 0 Å². The van der Waals surface area contributed by atoms with Crippen molar-refractivity contribution in [2.24, 2.45) is 5.92 Å². The first kappa shape index (κ1) is 14.6. The maximum atomic E-state index is 12.8. The van der Waals surface area contributed by atoms with E-state index in [1.807, 2.05) is 0 Å². The van der Waals surface area contributed by atoms with Gasteiger partial charge in [-0.25, -0.2) is 4.39 Å². The van der Waals surface area contributed by atoms with Gasteiger partial charge in [0.05, 0.1) is 12.6 Å². The van der Waals surface area contributed by atoms with Gasteiger partial charge in [0.15, 0.2) is 6.17 Å². The van der Waals surface area contributed by atoms with Crippen LogP contribution in [0.2, 0.25) is 0 Å². The smallest absolute Gasteiger partial charge is 0.251 e. The lowest BCUT2D eigenvalue weighted by Crippen LogP contribution is -2.68. The molecule has 1 aliphatic carbocycles. The summed E-state index contributed by atoms with van der Waals surface area (Å²) in [4.78, 5) is 0. The van der Waals surface area contributed by atoms with Crippen LogP contribution in [0.15, 0.2) is 0 Å². The van der Waals surface area contributed by atoms with Gasteiger partial charge in [0.1, 0.15) is 0 Å². The summed E-state index contributed by atoms with van der Waals surface area (Å²) in [6.07, 6.45) is -0.415. The molecule has 6 heteroatoms. The zero-order valence-corrected chi connectivity index (χ0v) is 9.37. The van der Waals surface area contributed by atoms with E-state index in [4.69, 9.17) is 0 Å². The van der Waals surface area contributed by atoms with Gasteiger partial charge >= 0.3 is 11.8 Å². The molecular formula is C11H16F6. The first-order chi connectivity index (χ1) is 7.85. The molecule has 102 valence electrons. The van der Waals surface area contributed by atoms with Crippen molar-refractivity contribution in [2.75, 3.05) is 6.67 Å². The van der Waals surface area contributed by atoms with Gasteiger partial charge in [-0.3, -0.25) is 4.39 Å². The third-order valence-electron chi connectivity index (χ3n) is 3.26. The van der Waals surface area contributed by atoms with E-state index in [0.717, 1.165) is 0 Å². The Kier molecular flexibility index (Phi) is 4.72. The summed E-state index contributed by atoms with van der Waals surface area (Å²) < 4.78 is 75.1. The number of alkyl halides is 6. The number of halogens is 6. The normalized spacial score (nSPS) is 30.0. The second-order valence-electron chi connectivity index (χ2n) is 4.50. The van der Waals surface area contributed by atoms with Crippen molar-refractivity contribution in [3.8, 4) is 0 Å². The van der Waals surface area contributed by atoms with Gasteiger partial charge in [-0.2, -0.15) is 17.6 Å². The highest BCUT2D eigenvalue weighted by Crippen LogP contribution is 2.58. The third kappa shape index (κ3) is 2.71. The van der Waals surface area contributed by atoms with Gasteiger partial charge in [0.2, 0.25) is 0 Å². The van der Waals surface area contributed by atoms with Crippen LogP contribution in [0.4, 0.5) is 26.3 Å². The van der Waals surface area contributed by atoms with E-state index in [-0.39, 0.29) is 12.8 Å². The standard InChI is InChI=1S/C11H16F6/c12-7-5-3-1-2-4-6-8-9(13)11(16,17)10(8,14)15/h8-9H,1-7H2. The van der Waals surface area contributed by atoms with E-state index in [0.29, 0.717) is 25.7 Å². The fraction of sp³-hybridized carbons (Fsp3) is 1.00. The van der Waals surface area contributed by atoms with Crippen LogP contribution in [0.25, 0.3) is 0 Å². The molecule has 1 aliphatic rings. The van der Waals surface area contributed by atoms with Crippen molar-refractivity contribution in [3.63, 3.8) is 0 Å². The molecule has 0 aromatic rings. The lowest BCUT2D eigenvalue weighted by Gasteiger charge is -2.46. The molecule has 1 fully saturated rings. The fourth-order valence-corrected chi connectivity index (χ4v) is 2.09. The Morgan fingerprint density at radius 1 is 0.765 bits per heavy atom. The molecule has 2 unspecified atom stereocenters. The van der Waals surface area contributed by atoms with E-state index in [1.54, 1.807) is 0 Å². The number of hydrogen-bond acceptors (Lipinski definition) is 0. The van der Waals surface area contributed by atoms with Crippen molar-refractivity contribution in [1.29, 1.82) is 0 Å². The van der Waals surface area contributed by atoms with E-state index in [9.17, 15) is 26.3 Å². The molecule has 17 heavy (non-hydrogen) atoms. The lowest BCUT2D eigenvalue weighted by molar-refractivity contribution is -0.354. The molecular weight excluding hydrogens is 246 g/mol. The minimum atomic E-state index is -4.51. The monoisotopic (exact) mass is 262 g/mol. The van der Waals surface area contributed by atoms with Gasteiger partial charge < -0.3 is 0 Å². The Balaban J connectivity index is 2.21. The minimum Gasteiger partial charge on any atom is -0.251 e. The molecule has 0 bridgehead atoms. The minimum absolute atomic E-state index is 0.237. The summed E-state index contributed by atoms with van der Waals surface area (Å²) >= 11 is 0. The fourth-order valence-electron chi connectivity index (χ4n) is 2.09. The molecule has 0 radical (unpaired) electrons. The quantitative estimate of drug-likeness (QED) is 0.467.